The fourth-order valence-electron chi connectivity index (χ4n) is 2.79. The van der Waals surface area contributed by atoms with Gasteiger partial charge in [0.1, 0.15) is 0 Å². The molecule has 3 unspecified atom stereocenters. The van der Waals surface area contributed by atoms with Gasteiger partial charge in [0.05, 0.1) is 0 Å². The normalized spacial score (nSPS) is 26.0. The highest BCUT2D eigenvalue weighted by molar-refractivity contribution is 7.99. The summed E-state index contributed by atoms with van der Waals surface area (Å²) in [7, 11) is 0. The summed E-state index contributed by atoms with van der Waals surface area (Å²) in [4.78, 5) is 0. The molecule has 2 heteroatoms. The second kappa shape index (κ2) is 6.46. The zero-order valence-electron chi connectivity index (χ0n) is 10.9. The first-order valence-electron chi connectivity index (χ1n) is 6.69. The van der Waals surface area contributed by atoms with Gasteiger partial charge in [-0.15, -0.1) is 0 Å². The van der Waals surface area contributed by atoms with E-state index in [1.165, 1.54) is 31.2 Å². The minimum atomic E-state index is 0.522. The van der Waals surface area contributed by atoms with E-state index >= 15 is 0 Å². The van der Waals surface area contributed by atoms with Crippen LogP contribution in [-0.4, -0.2) is 17.5 Å². The Morgan fingerprint density at radius 2 is 2.06 bits per heavy atom. The van der Waals surface area contributed by atoms with Gasteiger partial charge in [-0.3, -0.25) is 0 Å². The van der Waals surface area contributed by atoms with Crippen LogP contribution in [0.2, 0.25) is 0 Å². The molecular formula is C15H23NS. The lowest BCUT2D eigenvalue weighted by molar-refractivity contribution is 0.435. The van der Waals surface area contributed by atoms with Crippen LogP contribution in [0.4, 0.5) is 0 Å². The van der Waals surface area contributed by atoms with Crippen molar-refractivity contribution in [3.05, 3.63) is 35.9 Å². The second-order valence-electron chi connectivity index (χ2n) is 4.85. The lowest BCUT2D eigenvalue weighted by atomic mass is 10.0. The molecule has 1 nitrogen and oxygen atoms in total. The summed E-state index contributed by atoms with van der Waals surface area (Å²) in [5.41, 5.74) is 1.43. The zero-order valence-corrected chi connectivity index (χ0v) is 11.7. The maximum Gasteiger partial charge on any atom is 0.0320 e. The summed E-state index contributed by atoms with van der Waals surface area (Å²) in [5.74, 6) is 0. The number of benzene rings is 1. The molecule has 17 heavy (non-hydrogen) atoms. The predicted molar refractivity (Wildman–Crippen MR) is 77.6 cm³/mol. The largest absolute Gasteiger partial charge is 0.306 e. The van der Waals surface area contributed by atoms with Crippen LogP contribution >= 0.6 is 11.8 Å². The van der Waals surface area contributed by atoms with E-state index in [0.29, 0.717) is 12.1 Å². The van der Waals surface area contributed by atoms with Gasteiger partial charge >= 0.3 is 0 Å². The molecule has 0 amide bonds. The minimum Gasteiger partial charge on any atom is -0.306 e. The first-order valence-corrected chi connectivity index (χ1v) is 7.97. The molecule has 1 aromatic rings. The lowest BCUT2D eigenvalue weighted by Gasteiger charge is -2.26. The Kier molecular flexibility index (Phi) is 4.93. The number of rotatable bonds is 5. The average molecular weight is 249 g/mol. The molecule has 1 N–H and O–H groups in total. The van der Waals surface area contributed by atoms with Gasteiger partial charge in [0.25, 0.3) is 0 Å². The highest BCUT2D eigenvalue weighted by atomic mass is 32.2. The topological polar surface area (TPSA) is 12.0 Å². The van der Waals surface area contributed by atoms with E-state index in [0.717, 1.165) is 5.25 Å². The number of hydrogen-bond acceptors (Lipinski definition) is 2. The van der Waals surface area contributed by atoms with E-state index in [9.17, 15) is 0 Å². The summed E-state index contributed by atoms with van der Waals surface area (Å²) in [6.07, 6.45) is 7.52. The molecule has 3 atom stereocenters. The van der Waals surface area contributed by atoms with Crippen molar-refractivity contribution in [1.29, 1.82) is 0 Å². The van der Waals surface area contributed by atoms with Crippen LogP contribution in [0.25, 0.3) is 0 Å². The molecule has 0 heterocycles. The maximum absolute atomic E-state index is 3.86. The highest BCUT2D eigenvalue weighted by Crippen LogP contribution is 2.30. The van der Waals surface area contributed by atoms with Crippen LogP contribution < -0.4 is 5.32 Å². The van der Waals surface area contributed by atoms with Crippen molar-refractivity contribution in [1.82, 2.24) is 5.32 Å². The fourth-order valence-corrected chi connectivity index (χ4v) is 3.74. The van der Waals surface area contributed by atoms with E-state index in [2.05, 4.69) is 48.8 Å². The van der Waals surface area contributed by atoms with E-state index in [1.807, 2.05) is 11.8 Å². The molecule has 0 aliphatic heterocycles. The van der Waals surface area contributed by atoms with Crippen LogP contribution in [0.3, 0.4) is 0 Å². The number of thioether (sulfide) groups is 1. The van der Waals surface area contributed by atoms with Crippen molar-refractivity contribution in [2.24, 2.45) is 0 Å². The van der Waals surface area contributed by atoms with Crippen molar-refractivity contribution < 1.29 is 0 Å². The van der Waals surface area contributed by atoms with Crippen molar-refractivity contribution in [3.63, 3.8) is 0 Å². The Balaban J connectivity index is 2.00. The summed E-state index contributed by atoms with van der Waals surface area (Å²) in [6.45, 7) is 2.27. The van der Waals surface area contributed by atoms with Crippen LogP contribution in [0, 0.1) is 0 Å². The SMILES string of the molecule is CCC(NC1CCCC1SC)c1ccccc1. The Morgan fingerprint density at radius 1 is 1.29 bits per heavy atom. The molecule has 1 aliphatic rings. The standard InChI is InChI=1S/C15H23NS/c1-3-13(12-8-5-4-6-9-12)16-14-10-7-11-15(14)17-2/h4-6,8-9,13-16H,3,7,10-11H2,1-2H3. The highest BCUT2D eigenvalue weighted by Gasteiger charge is 2.28. The second-order valence-corrected chi connectivity index (χ2v) is 5.93. The van der Waals surface area contributed by atoms with Gasteiger partial charge in [-0.1, -0.05) is 43.7 Å². The van der Waals surface area contributed by atoms with Gasteiger partial charge in [-0.25, -0.2) is 0 Å². The molecular weight excluding hydrogens is 226 g/mol. The third-order valence-corrected chi connectivity index (χ3v) is 4.95. The van der Waals surface area contributed by atoms with Gasteiger partial charge in [0.15, 0.2) is 0 Å². The molecule has 1 fully saturated rings. The van der Waals surface area contributed by atoms with Gasteiger partial charge in [-0.05, 0) is 31.1 Å². The summed E-state index contributed by atoms with van der Waals surface area (Å²) in [5, 5.41) is 4.67. The predicted octanol–water partition coefficient (Wildman–Crippen LogP) is 4.01. The number of hydrogen-bond donors (Lipinski definition) is 1. The lowest BCUT2D eigenvalue weighted by Crippen LogP contribution is -2.36. The first kappa shape index (κ1) is 13.0. The third-order valence-electron chi connectivity index (χ3n) is 3.78. The van der Waals surface area contributed by atoms with Crippen molar-refractivity contribution in [2.45, 2.75) is 49.9 Å². The molecule has 1 aromatic carbocycles. The molecule has 0 aromatic heterocycles. The van der Waals surface area contributed by atoms with E-state index in [-0.39, 0.29) is 0 Å². The van der Waals surface area contributed by atoms with E-state index in [1.54, 1.807) is 0 Å². The fraction of sp³-hybridized carbons (Fsp3) is 0.600. The van der Waals surface area contributed by atoms with E-state index < -0.39 is 0 Å². The molecule has 1 saturated carbocycles. The van der Waals surface area contributed by atoms with Crippen LogP contribution in [0.5, 0.6) is 0 Å². The monoisotopic (exact) mass is 249 g/mol. The summed E-state index contributed by atoms with van der Waals surface area (Å²) < 4.78 is 0. The molecule has 0 radical (unpaired) electrons. The molecule has 0 spiro atoms. The van der Waals surface area contributed by atoms with Crippen molar-refractivity contribution in [2.75, 3.05) is 6.26 Å². The van der Waals surface area contributed by atoms with Gasteiger partial charge in [0.2, 0.25) is 0 Å². The Hall–Kier alpha value is -0.470. The summed E-state index contributed by atoms with van der Waals surface area (Å²) >= 11 is 2.03. The summed E-state index contributed by atoms with van der Waals surface area (Å²) in [6, 6.07) is 12.1. The first-order chi connectivity index (χ1) is 8.35. The molecule has 0 saturated heterocycles. The maximum atomic E-state index is 3.86. The number of nitrogens with one attached hydrogen (secondary N) is 1. The van der Waals surface area contributed by atoms with Gasteiger partial charge < -0.3 is 5.32 Å². The average Bonchev–Trinajstić information content (AvgIpc) is 2.84. The van der Waals surface area contributed by atoms with Crippen LogP contribution in [0.1, 0.15) is 44.2 Å². The van der Waals surface area contributed by atoms with E-state index in [4.69, 9.17) is 0 Å². The van der Waals surface area contributed by atoms with Gasteiger partial charge in [-0.2, -0.15) is 11.8 Å². The molecule has 2 rings (SSSR count). The Bertz CT molecular complexity index is 325. The molecule has 94 valence electrons. The molecule has 1 aliphatic carbocycles. The molecule has 0 bridgehead atoms. The Morgan fingerprint density at radius 3 is 2.71 bits per heavy atom. The van der Waals surface area contributed by atoms with Crippen molar-refractivity contribution >= 4 is 11.8 Å². The van der Waals surface area contributed by atoms with Crippen molar-refractivity contribution in [3.8, 4) is 0 Å². The Labute approximate surface area is 109 Å². The quantitative estimate of drug-likeness (QED) is 0.846. The van der Waals surface area contributed by atoms with Crippen LogP contribution in [-0.2, 0) is 0 Å². The minimum absolute atomic E-state index is 0.522. The third kappa shape index (κ3) is 3.26. The smallest absolute Gasteiger partial charge is 0.0320 e. The zero-order chi connectivity index (χ0) is 12.1. The van der Waals surface area contributed by atoms with Crippen LogP contribution in [0.15, 0.2) is 30.3 Å². The van der Waals surface area contributed by atoms with Gasteiger partial charge in [0, 0.05) is 17.3 Å².